The third kappa shape index (κ3) is 5.07. The maximum atomic E-state index is 12.4. The molecule has 3 rings (SSSR count). The molecule has 1 amide bonds. The average Bonchev–Trinajstić information content (AvgIpc) is 2.71. The van der Waals surface area contributed by atoms with Gasteiger partial charge in [-0.3, -0.25) is 14.2 Å². The van der Waals surface area contributed by atoms with Crippen LogP contribution >= 0.6 is 0 Å². The minimum atomic E-state index is -2.94. The second-order valence-electron chi connectivity index (χ2n) is 6.16. The zero-order valence-electron chi connectivity index (χ0n) is 15.6. The summed E-state index contributed by atoms with van der Waals surface area (Å²) in [5.41, 5.74) is 1.06. The van der Waals surface area contributed by atoms with Gasteiger partial charge in [-0.1, -0.05) is 18.2 Å². The molecule has 9 heteroatoms. The standard InChI is InChI=1S/C20H19F2N3O4/c1-28-17-10-13(6-7-16(17)29-20(21)22)8-9-23-18(26)11-25-12-24-15-5-3-2-4-14(15)19(25)27/h2-7,10,12,20H,8-9,11H2,1H3,(H,23,26). The first-order valence-electron chi connectivity index (χ1n) is 8.80. The van der Waals surface area contributed by atoms with Crippen molar-refractivity contribution in [3.05, 3.63) is 64.7 Å². The van der Waals surface area contributed by atoms with Gasteiger partial charge in [0.05, 0.1) is 24.3 Å². The molecule has 3 aromatic rings. The molecule has 0 fully saturated rings. The number of nitrogens with one attached hydrogen (secondary N) is 1. The Labute approximate surface area is 164 Å². The lowest BCUT2D eigenvalue weighted by Gasteiger charge is -2.12. The van der Waals surface area contributed by atoms with Crippen molar-refractivity contribution in [2.75, 3.05) is 13.7 Å². The maximum absolute atomic E-state index is 12.4. The average molecular weight is 403 g/mol. The van der Waals surface area contributed by atoms with Gasteiger partial charge in [0, 0.05) is 6.54 Å². The Morgan fingerprint density at radius 1 is 1.21 bits per heavy atom. The quantitative estimate of drug-likeness (QED) is 0.625. The molecule has 29 heavy (non-hydrogen) atoms. The number of rotatable bonds is 8. The highest BCUT2D eigenvalue weighted by Crippen LogP contribution is 2.29. The molecule has 0 saturated carbocycles. The molecule has 1 aromatic heterocycles. The summed E-state index contributed by atoms with van der Waals surface area (Å²) in [6, 6.07) is 11.5. The number of fused-ring (bicyclic) bond motifs is 1. The van der Waals surface area contributed by atoms with E-state index in [4.69, 9.17) is 4.74 Å². The van der Waals surface area contributed by atoms with Crippen LogP contribution < -0.4 is 20.3 Å². The van der Waals surface area contributed by atoms with E-state index < -0.39 is 6.61 Å². The Morgan fingerprint density at radius 2 is 2.00 bits per heavy atom. The van der Waals surface area contributed by atoms with Crippen molar-refractivity contribution >= 4 is 16.8 Å². The Morgan fingerprint density at radius 3 is 2.76 bits per heavy atom. The van der Waals surface area contributed by atoms with E-state index in [1.165, 1.54) is 24.1 Å². The molecule has 0 unspecified atom stereocenters. The summed E-state index contributed by atoms with van der Waals surface area (Å²) < 4.78 is 35.4. The van der Waals surface area contributed by atoms with Gasteiger partial charge in [0.1, 0.15) is 6.54 Å². The number of nitrogens with zero attached hydrogens (tertiary/aromatic N) is 2. The van der Waals surface area contributed by atoms with E-state index in [0.29, 0.717) is 23.9 Å². The molecule has 0 aliphatic carbocycles. The highest BCUT2D eigenvalue weighted by atomic mass is 19.3. The van der Waals surface area contributed by atoms with Crippen molar-refractivity contribution in [2.24, 2.45) is 0 Å². The number of carbonyl (C=O) groups excluding carboxylic acids is 1. The van der Waals surface area contributed by atoms with Crippen LogP contribution in [0.25, 0.3) is 10.9 Å². The summed E-state index contributed by atoms with van der Waals surface area (Å²) in [6.45, 7) is -2.80. The van der Waals surface area contributed by atoms with Crippen LogP contribution in [0, 0.1) is 0 Å². The van der Waals surface area contributed by atoms with E-state index in [1.54, 1.807) is 36.4 Å². The van der Waals surface area contributed by atoms with Crippen LogP contribution in [0.1, 0.15) is 5.56 Å². The molecule has 0 radical (unpaired) electrons. The topological polar surface area (TPSA) is 82.5 Å². The molecular formula is C20H19F2N3O4. The first-order chi connectivity index (χ1) is 14.0. The zero-order chi connectivity index (χ0) is 20.8. The highest BCUT2D eigenvalue weighted by Gasteiger charge is 2.12. The molecule has 152 valence electrons. The van der Waals surface area contributed by atoms with Gasteiger partial charge < -0.3 is 14.8 Å². The Balaban J connectivity index is 1.58. The number of hydrogen-bond acceptors (Lipinski definition) is 5. The molecule has 0 aliphatic rings. The smallest absolute Gasteiger partial charge is 0.387 e. The number of carbonyl (C=O) groups is 1. The number of methoxy groups -OCH3 is 1. The number of benzene rings is 2. The maximum Gasteiger partial charge on any atom is 0.387 e. The van der Waals surface area contributed by atoms with E-state index in [1.807, 2.05) is 0 Å². The van der Waals surface area contributed by atoms with Gasteiger partial charge in [-0.25, -0.2) is 4.98 Å². The lowest BCUT2D eigenvalue weighted by atomic mass is 10.1. The number of amides is 1. The normalized spacial score (nSPS) is 10.9. The molecule has 0 bridgehead atoms. The third-order valence-electron chi connectivity index (χ3n) is 4.23. The van der Waals surface area contributed by atoms with Crippen LogP contribution in [0.2, 0.25) is 0 Å². The number of ether oxygens (including phenoxy) is 2. The van der Waals surface area contributed by atoms with Gasteiger partial charge in [-0.15, -0.1) is 0 Å². The van der Waals surface area contributed by atoms with Gasteiger partial charge in [-0.2, -0.15) is 8.78 Å². The second-order valence-corrected chi connectivity index (χ2v) is 6.16. The molecule has 0 saturated heterocycles. The van der Waals surface area contributed by atoms with Crippen molar-refractivity contribution < 1.29 is 23.0 Å². The monoisotopic (exact) mass is 403 g/mol. The lowest BCUT2D eigenvalue weighted by molar-refractivity contribution is -0.121. The fourth-order valence-corrected chi connectivity index (χ4v) is 2.84. The summed E-state index contributed by atoms with van der Waals surface area (Å²) in [6.07, 6.45) is 1.79. The minimum Gasteiger partial charge on any atom is -0.493 e. The first kappa shape index (κ1) is 20.2. The van der Waals surface area contributed by atoms with Crippen molar-refractivity contribution in [3.8, 4) is 11.5 Å². The number of alkyl halides is 2. The molecule has 0 aliphatic heterocycles. The van der Waals surface area contributed by atoms with Crippen LogP contribution in [-0.2, 0) is 17.8 Å². The summed E-state index contributed by atoms with van der Waals surface area (Å²) in [7, 11) is 1.36. The molecule has 1 heterocycles. The minimum absolute atomic E-state index is 0.0570. The molecule has 0 atom stereocenters. The van der Waals surface area contributed by atoms with Crippen LogP contribution in [0.3, 0.4) is 0 Å². The molecule has 1 N–H and O–H groups in total. The van der Waals surface area contributed by atoms with E-state index in [9.17, 15) is 18.4 Å². The van der Waals surface area contributed by atoms with Gasteiger partial charge in [-0.05, 0) is 36.2 Å². The fourth-order valence-electron chi connectivity index (χ4n) is 2.84. The largest absolute Gasteiger partial charge is 0.493 e. The van der Waals surface area contributed by atoms with Crippen LogP contribution in [0.4, 0.5) is 8.78 Å². The van der Waals surface area contributed by atoms with Gasteiger partial charge in [0.2, 0.25) is 5.91 Å². The lowest BCUT2D eigenvalue weighted by Crippen LogP contribution is -2.33. The third-order valence-corrected chi connectivity index (χ3v) is 4.23. The number of halogens is 2. The molecular weight excluding hydrogens is 384 g/mol. The van der Waals surface area contributed by atoms with Crippen molar-refractivity contribution in [3.63, 3.8) is 0 Å². The molecule has 2 aromatic carbocycles. The van der Waals surface area contributed by atoms with Crippen LogP contribution in [-0.4, -0.2) is 35.7 Å². The predicted octanol–water partition coefficient (Wildman–Crippen LogP) is 2.37. The van der Waals surface area contributed by atoms with E-state index in [2.05, 4.69) is 15.0 Å². The molecule has 7 nitrogen and oxygen atoms in total. The second kappa shape index (κ2) is 9.13. The van der Waals surface area contributed by atoms with Crippen molar-refractivity contribution in [1.29, 1.82) is 0 Å². The Kier molecular flexibility index (Phi) is 6.38. The fraction of sp³-hybridized carbons (Fsp3) is 0.250. The first-order valence-corrected chi connectivity index (χ1v) is 8.80. The van der Waals surface area contributed by atoms with Crippen LogP contribution in [0.5, 0.6) is 11.5 Å². The van der Waals surface area contributed by atoms with E-state index in [-0.39, 0.29) is 29.5 Å². The SMILES string of the molecule is COc1cc(CCNC(=O)Cn2cnc3ccccc3c2=O)ccc1OC(F)F. The Hall–Kier alpha value is -3.49. The van der Waals surface area contributed by atoms with Gasteiger partial charge >= 0.3 is 6.61 Å². The number of aromatic nitrogens is 2. The highest BCUT2D eigenvalue weighted by molar-refractivity contribution is 5.78. The number of para-hydroxylation sites is 1. The summed E-state index contributed by atoms with van der Waals surface area (Å²) in [5, 5.41) is 3.17. The zero-order valence-corrected chi connectivity index (χ0v) is 15.6. The van der Waals surface area contributed by atoms with Crippen molar-refractivity contribution in [1.82, 2.24) is 14.9 Å². The predicted molar refractivity (Wildman–Crippen MR) is 102 cm³/mol. The van der Waals surface area contributed by atoms with E-state index >= 15 is 0 Å². The summed E-state index contributed by atoms with van der Waals surface area (Å²) in [4.78, 5) is 28.7. The molecule has 0 spiro atoms. The van der Waals surface area contributed by atoms with E-state index in [0.717, 1.165) is 5.56 Å². The summed E-state index contributed by atoms with van der Waals surface area (Å²) in [5.74, 6) is -0.213. The van der Waals surface area contributed by atoms with Crippen LogP contribution in [0.15, 0.2) is 53.6 Å². The van der Waals surface area contributed by atoms with Gasteiger partial charge in [0.25, 0.3) is 5.56 Å². The van der Waals surface area contributed by atoms with Gasteiger partial charge in [0.15, 0.2) is 11.5 Å². The Bertz CT molecular complexity index is 1070. The summed E-state index contributed by atoms with van der Waals surface area (Å²) >= 11 is 0. The van der Waals surface area contributed by atoms with Crippen molar-refractivity contribution in [2.45, 2.75) is 19.6 Å². The number of hydrogen-bond donors (Lipinski definition) is 1.